The number of hydrogen-bond donors (Lipinski definition) is 3. The van der Waals surface area contributed by atoms with Gasteiger partial charge in [0.2, 0.25) is 11.0 Å². The highest BCUT2D eigenvalue weighted by molar-refractivity contribution is 7.92. The molecule has 0 unspecified atom stereocenters. The zero-order chi connectivity index (χ0) is 29.3. The van der Waals surface area contributed by atoms with Gasteiger partial charge in [-0.25, -0.2) is 17.2 Å². The number of nitrogens with zero attached hydrogens (tertiary/aromatic N) is 1. The second-order valence-corrected chi connectivity index (χ2v) is 10.9. The molecular weight excluding hydrogens is 554 g/mol. The summed E-state index contributed by atoms with van der Waals surface area (Å²) in [7, 11) is -3.84. The van der Waals surface area contributed by atoms with E-state index in [0.29, 0.717) is 0 Å². The highest BCUT2D eigenvalue weighted by Gasteiger charge is 2.19. The Kier molecular flexibility index (Phi) is 7.24. The number of carbonyl (C=O) groups excluding carboxylic acids is 1. The van der Waals surface area contributed by atoms with E-state index in [9.17, 15) is 31.6 Å². The topological polar surface area (TPSA) is 130 Å². The Bertz CT molecular complexity index is 2000. The summed E-state index contributed by atoms with van der Waals surface area (Å²) in [6.07, 6.45) is 1.16. The summed E-state index contributed by atoms with van der Waals surface area (Å²) in [4.78, 5) is 40.7. The van der Waals surface area contributed by atoms with E-state index in [1.54, 1.807) is 12.1 Å². The van der Waals surface area contributed by atoms with Gasteiger partial charge in [0.15, 0.2) is 0 Å². The van der Waals surface area contributed by atoms with Crippen molar-refractivity contribution in [3.8, 4) is 0 Å². The van der Waals surface area contributed by atoms with Gasteiger partial charge in [0, 0.05) is 29.2 Å². The minimum absolute atomic E-state index is 0.0846. The number of aryl methyl sites for hydroxylation is 1. The fourth-order valence-electron chi connectivity index (χ4n) is 4.20. The first-order chi connectivity index (χ1) is 19.5. The van der Waals surface area contributed by atoms with Crippen LogP contribution in [0, 0.1) is 18.6 Å². The molecular formula is C29H22F2N4O5S. The fraction of sp³-hybridized carbons (Fsp3) is 0.0690. The maximum Gasteiger partial charge on any atom is 0.261 e. The van der Waals surface area contributed by atoms with Gasteiger partial charge in [-0.1, -0.05) is 23.8 Å². The number of aromatic nitrogens is 2. The summed E-state index contributed by atoms with van der Waals surface area (Å²) in [5, 5.41) is 2.55. The van der Waals surface area contributed by atoms with Crippen molar-refractivity contribution in [2.24, 2.45) is 0 Å². The second kappa shape index (κ2) is 10.8. The molecule has 12 heteroatoms. The molecule has 5 aromatic rings. The third-order valence-corrected chi connectivity index (χ3v) is 7.72. The number of benzene rings is 3. The van der Waals surface area contributed by atoms with Crippen LogP contribution in [0.15, 0.2) is 99.5 Å². The molecule has 0 bridgehead atoms. The van der Waals surface area contributed by atoms with E-state index in [1.807, 2.05) is 6.92 Å². The van der Waals surface area contributed by atoms with E-state index in [1.165, 1.54) is 53.1 Å². The average Bonchev–Trinajstić information content (AvgIpc) is 2.93. The van der Waals surface area contributed by atoms with Crippen LogP contribution in [0.2, 0.25) is 0 Å². The van der Waals surface area contributed by atoms with Crippen LogP contribution in [0.25, 0.3) is 11.0 Å². The van der Waals surface area contributed by atoms with Crippen molar-refractivity contribution in [2.45, 2.75) is 18.4 Å². The van der Waals surface area contributed by atoms with Gasteiger partial charge in [0.1, 0.15) is 22.7 Å². The van der Waals surface area contributed by atoms with E-state index in [0.717, 1.165) is 30.0 Å². The van der Waals surface area contributed by atoms with Gasteiger partial charge in [0.05, 0.1) is 17.0 Å². The summed E-state index contributed by atoms with van der Waals surface area (Å²) in [6.45, 7) is 1.48. The first-order valence-corrected chi connectivity index (χ1v) is 13.7. The largest absolute Gasteiger partial charge is 0.341 e. The second-order valence-electron chi connectivity index (χ2n) is 9.23. The van der Waals surface area contributed by atoms with Gasteiger partial charge in [-0.3, -0.25) is 19.1 Å². The molecule has 0 fully saturated rings. The van der Waals surface area contributed by atoms with Crippen molar-refractivity contribution in [3.05, 3.63) is 134 Å². The van der Waals surface area contributed by atoms with E-state index >= 15 is 0 Å². The molecule has 0 atom stereocenters. The van der Waals surface area contributed by atoms with Crippen molar-refractivity contribution in [1.29, 1.82) is 0 Å². The van der Waals surface area contributed by atoms with Gasteiger partial charge in [-0.2, -0.15) is 0 Å². The zero-order valence-electron chi connectivity index (χ0n) is 21.4. The third kappa shape index (κ3) is 5.77. The number of rotatable bonds is 7. The molecule has 0 aliphatic carbocycles. The molecule has 41 heavy (non-hydrogen) atoms. The Morgan fingerprint density at radius 2 is 1.51 bits per heavy atom. The molecule has 3 aromatic carbocycles. The van der Waals surface area contributed by atoms with Crippen LogP contribution >= 0.6 is 0 Å². The molecule has 0 aliphatic heterocycles. The molecule has 3 N–H and O–H groups in total. The van der Waals surface area contributed by atoms with Crippen LogP contribution in [-0.4, -0.2) is 23.9 Å². The highest BCUT2D eigenvalue weighted by atomic mass is 32.2. The molecule has 0 saturated heterocycles. The lowest BCUT2D eigenvalue weighted by atomic mass is 10.1. The van der Waals surface area contributed by atoms with Crippen LogP contribution in [0.1, 0.15) is 21.5 Å². The number of amides is 1. The smallest absolute Gasteiger partial charge is 0.261 e. The standard InChI is InChI=1S/C29H22F2N4O5S/c1-17-5-11-20(12-6-17)41(39,40)34-19-9-7-18(8-10-19)32-29(38)22-16-35(15-21-23(30)3-2-4-24(21)31)25-13-14-26(36)33-27(25)28(22)37/h2-14,16,34H,15H2,1H3,(H,32,38)(H,33,36). The highest BCUT2D eigenvalue weighted by Crippen LogP contribution is 2.20. The summed E-state index contributed by atoms with van der Waals surface area (Å²) >= 11 is 0. The van der Waals surface area contributed by atoms with E-state index in [2.05, 4.69) is 15.0 Å². The van der Waals surface area contributed by atoms with Crippen molar-refractivity contribution in [2.75, 3.05) is 10.0 Å². The summed E-state index contributed by atoms with van der Waals surface area (Å²) in [5.74, 6) is -2.48. The summed E-state index contributed by atoms with van der Waals surface area (Å²) in [5.41, 5.74) is -0.724. The molecule has 0 spiro atoms. The van der Waals surface area contributed by atoms with Gasteiger partial charge in [-0.05, 0) is 61.5 Å². The third-order valence-electron chi connectivity index (χ3n) is 6.32. The van der Waals surface area contributed by atoms with Crippen LogP contribution in [-0.2, 0) is 16.6 Å². The van der Waals surface area contributed by atoms with Crippen LogP contribution in [0.5, 0.6) is 0 Å². The molecule has 5 rings (SSSR count). The zero-order valence-corrected chi connectivity index (χ0v) is 22.3. The minimum Gasteiger partial charge on any atom is -0.341 e. The van der Waals surface area contributed by atoms with Crippen molar-refractivity contribution < 1.29 is 22.0 Å². The first kappa shape index (κ1) is 27.5. The molecule has 0 radical (unpaired) electrons. The first-order valence-electron chi connectivity index (χ1n) is 12.2. The fourth-order valence-corrected chi connectivity index (χ4v) is 5.25. The maximum atomic E-state index is 14.4. The lowest BCUT2D eigenvalue weighted by Crippen LogP contribution is -2.26. The molecule has 9 nitrogen and oxygen atoms in total. The van der Waals surface area contributed by atoms with Gasteiger partial charge >= 0.3 is 0 Å². The van der Waals surface area contributed by atoms with E-state index in [4.69, 9.17) is 0 Å². The normalized spacial score (nSPS) is 11.4. The van der Waals surface area contributed by atoms with Crippen molar-refractivity contribution in [3.63, 3.8) is 0 Å². The van der Waals surface area contributed by atoms with E-state index < -0.39 is 38.6 Å². The van der Waals surface area contributed by atoms with Gasteiger partial charge in [-0.15, -0.1) is 0 Å². The number of fused-ring (bicyclic) bond motifs is 1. The number of H-pyrrole nitrogens is 1. The van der Waals surface area contributed by atoms with Crippen LogP contribution < -0.4 is 21.0 Å². The number of halogens is 2. The average molecular weight is 577 g/mol. The molecule has 1 amide bonds. The van der Waals surface area contributed by atoms with Gasteiger partial charge < -0.3 is 14.9 Å². The number of sulfonamides is 1. The number of carbonyl (C=O) groups is 1. The number of hydrogen-bond acceptors (Lipinski definition) is 5. The monoisotopic (exact) mass is 576 g/mol. The molecule has 208 valence electrons. The molecule has 2 aromatic heterocycles. The summed E-state index contributed by atoms with van der Waals surface area (Å²) in [6, 6.07) is 17.9. The van der Waals surface area contributed by atoms with Crippen molar-refractivity contribution in [1.82, 2.24) is 9.55 Å². The Labute approximate surface area is 232 Å². The Hall–Kier alpha value is -5.10. The van der Waals surface area contributed by atoms with Crippen molar-refractivity contribution >= 4 is 38.3 Å². The van der Waals surface area contributed by atoms with E-state index in [-0.39, 0.29) is 45.0 Å². The van der Waals surface area contributed by atoms with Gasteiger partial charge in [0.25, 0.3) is 15.9 Å². The maximum absolute atomic E-state index is 14.4. The lowest BCUT2D eigenvalue weighted by molar-refractivity contribution is 0.102. The number of anilines is 2. The molecule has 0 saturated carbocycles. The lowest BCUT2D eigenvalue weighted by Gasteiger charge is -2.14. The number of pyridine rings is 2. The minimum atomic E-state index is -3.84. The van der Waals surface area contributed by atoms with Crippen LogP contribution in [0.3, 0.4) is 0 Å². The number of aromatic amines is 1. The molecule has 0 aliphatic rings. The Morgan fingerprint density at radius 3 is 2.17 bits per heavy atom. The van der Waals surface area contributed by atoms with Crippen LogP contribution in [0.4, 0.5) is 20.2 Å². The number of nitrogens with one attached hydrogen (secondary N) is 3. The Balaban J connectivity index is 1.43. The predicted molar refractivity (Wildman–Crippen MR) is 151 cm³/mol. The quantitative estimate of drug-likeness (QED) is 0.265. The Morgan fingerprint density at radius 1 is 0.878 bits per heavy atom. The summed E-state index contributed by atoms with van der Waals surface area (Å²) < 4.78 is 57.8. The predicted octanol–water partition coefficient (Wildman–Crippen LogP) is 4.38. The molecule has 2 heterocycles. The SMILES string of the molecule is Cc1ccc(S(=O)(=O)Nc2ccc(NC(=O)c3cn(Cc4c(F)cccc4F)c4ccc(=O)[nH]c4c3=O)cc2)cc1.